The Balaban J connectivity index is 2.33. The van der Waals surface area contributed by atoms with Crippen LogP contribution in [0.2, 0.25) is 0 Å². The third-order valence-electron chi connectivity index (χ3n) is 1.82. The van der Waals surface area contributed by atoms with Crippen molar-refractivity contribution in [2.75, 3.05) is 6.61 Å². The Labute approximate surface area is 66.7 Å². The van der Waals surface area contributed by atoms with Crippen LogP contribution in [0.15, 0.2) is 0 Å². The summed E-state index contributed by atoms with van der Waals surface area (Å²) in [5.41, 5.74) is -0.344. The Morgan fingerprint density at radius 2 is 2.27 bits per heavy atom. The van der Waals surface area contributed by atoms with E-state index in [1.165, 1.54) is 0 Å². The predicted octanol–water partition coefficient (Wildman–Crippen LogP) is 1.12. The summed E-state index contributed by atoms with van der Waals surface area (Å²) in [5, 5.41) is 0. The van der Waals surface area contributed by atoms with E-state index in [1.54, 1.807) is 0 Å². The van der Waals surface area contributed by atoms with Gasteiger partial charge in [0.15, 0.2) is 6.10 Å². The summed E-state index contributed by atoms with van der Waals surface area (Å²) in [6.45, 7) is 6.31. The monoisotopic (exact) mass is 158 g/mol. The number of ether oxygens (including phenoxy) is 2. The van der Waals surface area contributed by atoms with Gasteiger partial charge in [0.05, 0.1) is 6.61 Å². The summed E-state index contributed by atoms with van der Waals surface area (Å²) in [7, 11) is 0. The summed E-state index contributed by atoms with van der Waals surface area (Å²) < 4.78 is 9.93. The summed E-state index contributed by atoms with van der Waals surface area (Å²) in [4.78, 5) is 11.0. The molecular weight excluding hydrogens is 144 g/mol. The molecule has 0 aromatic heterocycles. The number of hydrogen-bond donors (Lipinski definition) is 0. The van der Waals surface area contributed by atoms with Gasteiger partial charge in [-0.05, 0) is 20.3 Å². The first-order chi connectivity index (χ1) is 5.05. The molecule has 1 fully saturated rings. The predicted molar refractivity (Wildman–Crippen MR) is 40.2 cm³/mol. The lowest BCUT2D eigenvalue weighted by Gasteiger charge is -2.22. The van der Waals surface area contributed by atoms with Crippen LogP contribution in [0.25, 0.3) is 0 Å². The average molecular weight is 158 g/mol. The van der Waals surface area contributed by atoms with Crippen LogP contribution in [-0.2, 0) is 14.3 Å². The Hall–Kier alpha value is -0.570. The topological polar surface area (TPSA) is 38.8 Å². The smallest absolute Gasteiger partial charge is 0.338 e. The van der Waals surface area contributed by atoms with Gasteiger partial charge in [0.25, 0.3) is 0 Å². The number of epoxide rings is 1. The number of carbonyl (C=O) groups is 1. The van der Waals surface area contributed by atoms with Crippen LogP contribution in [-0.4, -0.2) is 24.3 Å². The molecule has 0 saturated carbocycles. The van der Waals surface area contributed by atoms with Gasteiger partial charge in [-0.1, -0.05) is 6.92 Å². The fraction of sp³-hybridized carbons (Fsp3) is 0.875. The second-order valence-electron chi connectivity index (χ2n) is 3.36. The van der Waals surface area contributed by atoms with Crippen molar-refractivity contribution >= 4 is 5.97 Å². The quantitative estimate of drug-likeness (QED) is 0.456. The summed E-state index contributed by atoms with van der Waals surface area (Å²) in [6.07, 6.45) is 0.548. The van der Waals surface area contributed by atoms with Gasteiger partial charge in [-0.2, -0.15) is 0 Å². The van der Waals surface area contributed by atoms with E-state index in [1.807, 2.05) is 20.8 Å². The third-order valence-corrected chi connectivity index (χ3v) is 1.82. The van der Waals surface area contributed by atoms with Crippen LogP contribution in [0.4, 0.5) is 0 Å². The van der Waals surface area contributed by atoms with Gasteiger partial charge in [-0.3, -0.25) is 0 Å². The summed E-state index contributed by atoms with van der Waals surface area (Å²) >= 11 is 0. The number of hydrogen-bond acceptors (Lipinski definition) is 3. The minimum absolute atomic E-state index is 0.225. The Morgan fingerprint density at radius 3 is 2.64 bits per heavy atom. The molecule has 0 bridgehead atoms. The molecule has 1 saturated heterocycles. The average Bonchev–Trinajstić information content (AvgIpc) is 2.67. The third kappa shape index (κ3) is 2.50. The van der Waals surface area contributed by atoms with Gasteiger partial charge in [0, 0.05) is 0 Å². The minimum atomic E-state index is -0.344. The van der Waals surface area contributed by atoms with E-state index in [9.17, 15) is 4.79 Å². The largest absolute Gasteiger partial charge is 0.458 e. The maximum atomic E-state index is 11.0. The van der Waals surface area contributed by atoms with Crippen LogP contribution in [0, 0.1) is 0 Å². The van der Waals surface area contributed by atoms with E-state index in [0.29, 0.717) is 6.61 Å². The molecule has 1 atom stereocenters. The fourth-order valence-electron chi connectivity index (χ4n) is 0.594. The van der Waals surface area contributed by atoms with Gasteiger partial charge in [-0.15, -0.1) is 0 Å². The molecule has 1 aliphatic rings. The lowest BCUT2D eigenvalue weighted by atomic mass is 10.1. The zero-order chi connectivity index (χ0) is 8.48. The summed E-state index contributed by atoms with van der Waals surface area (Å²) in [6, 6.07) is 0. The molecule has 3 heteroatoms. The fourth-order valence-corrected chi connectivity index (χ4v) is 0.594. The van der Waals surface area contributed by atoms with Crippen molar-refractivity contribution in [3.63, 3.8) is 0 Å². The van der Waals surface area contributed by atoms with Gasteiger partial charge in [0.1, 0.15) is 5.60 Å². The van der Waals surface area contributed by atoms with Crippen molar-refractivity contribution in [1.82, 2.24) is 0 Å². The molecule has 11 heavy (non-hydrogen) atoms. The van der Waals surface area contributed by atoms with Gasteiger partial charge < -0.3 is 9.47 Å². The molecule has 0 aromatic rings. The van der Waals surface area contributed by atoms with E-state index in [2.05, 4.69) is 0 Å². The Morgan fingerprint density at radius 1 is 1.73 bits per heavy atom. The highest BCUT2D eigenvalue weighted by atomic mass is 16.6. The first kappa shape index (κ1) is 8.53. The molecule has 0 spiro atoms. The molecule has 1 unspecified atom stereocenters. The van der Waals surface area contributed by atoms with Crippen LogP contribution >= 0.6 is 0 Å². The number of carbonyl (C=O) groups excluding carboxylic acids is 1. The highest BCUT2D eigenvalue weighted by Gasteiger charge is 2.36. The zero-order valence-electron chi connectivity index (χ0n) is 7.22. The lowest BCUT2D eigenvalue weighted by molar-refractivity contribution is -0.158. The molecule has 1 heterocycles. The number of rotatable bonds is 3. The van der Waals surface area contributed by atoms with Crippen molar-refractivity contribution in [2.24, 2.45) is 0 Å². The molecule has 64 valence electrons. The normalized spacial score (nSPS) is 23.0. The highest BCUT2D eigenvalue weighted by molar-refractivity contribution is 5.77. The Kier molecular flexibility index (Phi) is 2.18. The molecule has 1 rings (SSSR count). The van der Waals surface area contributed by atoms with E-state index in [-0.39, 0.29) is 17.7 Å². The van der Waals surface area contributed by atoms with E-state index in [4.69, 9.17) is 9.47 Å². The lowest BCUT2D eigenvalue weighted by Crippen LogP contribution is -2.29. The second kappa shape index (κ2) is 2.81. The first-order valence-corrected chi connectivity index (χ1v) is 3.89. The SMILES string of the molecule is CCC(C)(C)OC(=O)C1CO1. The van der Waals surface area contributed by atoms with Crippen LogP contribution in [0.1, 0.15) is 27.2 Å². The van der Waals surface area contributed by atoms with Crippen molar-refractivity contribution in [2.45, 2.75) is 38.9 Å². The van der Waals surface area contributed by atoms with Crippen molar-refractivity contribution in [1.29, 1.82) is 0 Å². The van der Waals surface area contributed by atoms with Crippen LogP contribution in [0.3, 0.4) is 0 Å². The van der Waals surface area contributed by atoms with Crippen LogP contribution < -0.4 is 0 Å². The van der Waals surface area contributed by atoms with Crippen molar-refractivity contribution < 1.29 is 14.3 Å². The molecule has 0 amide bonds. The molecular formula is C8H14O3. The van der Waals surface area contributed by atoms with E-state index < -0.39 is 0 Å². The van der Waals surface area contributed by atoms with E-state index in [0.717, 1.165) is 6.42 Å². The van der Waals surface area contributed by atoms with Crippen LogP contribution in [0.5, 0.6) is 0 Å². The Bertz CT molecular complexity index is 159. The maximum absolute atomic E-state index is 11.0. The maximum Gasteiger partial charge on any atom is 0.338 e. The zero-order valence-corrected chi connectivity index (χ0v) is 7.22. The standard InChI is InChI=1S/C8H14O3/c1-4-8(2,3)11-7(9)6-5-10-6/h6H,4-5H2,1-3H3. The first-order valence-electron chi connectivity index (χ1n) is 3.89. The molecule has 0 radical (unpaired) electrons. The highest BCUT2D eigenvalue weighted by Crippen LogP contribution is 2.19. The minimum Gasteiger partial charge on any atom is -0.458 e. The molecule has 0 N–H and O–H groups in total. The number of esters is 1. The van der Waals surface area contributed by atoms with Gasteiger partial charge in [-0.25, -0.2) is 4.79 Å². The molecule has 0 aliphatic carbocycles. The molecule has 0 aromatic carbocycles. The van der Waals surface area contributed by atoms with Gasteiger partial charge in [0.2, 0.25) is 0 Å². The van der Waals surface area contributed by atoms with Crippen molar-refractivity contribution in [3.05, 3.63) is 0 Å². The second-order valence-corrected chi connectivity index (χ2v) is 3.36. The van der Waals surface area contributed by atoms with Gasteiger partial charge >= 0.3 is 5.97 Å². The summed E-state index contributed by atoms with van der Waals surface area (Å²) in [5.74, 6) is -0.225. The molecule has 1 aliphatic heterocycles. The molecule has 3 nitrogen and oxygen atoms in total. The van der Waals surface area contributed by atoms with E-state index >= 15 is 0 Å². The van der Waals surface area contributed by atoms with Crippen molar-refractivity contribution in [3.8, 4) is 0 Å².